The molecular weight excluding hydrogens is 399 g/mol. The smallest absolute Gasteiger partial charge is 0.272 e. The zero-order chi connectivity index (χ0) is 21.8. The van der Waals surface area contributed by atoms with Gasteiger partial charge < -0.3 is 14.2 Å². The monoisotopic (exact) mass is 424 g/mol. The second-order valence-corrected chi connectivity index (χ2v) is 7.95. The maximum absolute atomic E-state index is 13.3. The molecule has 0 N–H and O–H groups in total. The van der Waals surface area contributed by atoms with Gasteiger partial charge in [0.2, 0.25) is 0 Å². The average Bonchev–Trinajstić information content (AvgIpc) is 3.29. The van der Waals surface area contributed by atoms with Crippen molar-refractivity contribution in [1.29, 1.82) is 0 Å². The summed E-state index contributed by atoms with van der Waals surface area (Å²) in [6.45, 7) is 3.47. The molecule has 1 unspecified atom stereocenters. The van der Waals surface area contributed by atoms with E-state index in [1.165, 1.54) is 12.1 Å². The summed E-state index contributed by atoms with van der Waals surface area (Å²) in [5.74, 6) is 0.438. The van der Waals surface area contributed by atoms with Crippen molar-refractivity contribution in [2.45, 2.75) is 31.6 Å². The van der Waals surface area contributed by atoms with Crippen molar-refractivity contribution in [3.63, 3.8) is 0 Å². The summed E-state index contributed by atoms with van der Waals surface area (Å²) < 4.78 is 24.1. The molecule has 162 valence electrons. The van der Waals surface area contributed by atoms with Crippen LogP contribution in [0.25, 0.3) is 11.5 Å². The van der Waals surface area contributed by atoms with E-state index in [1.807, 2.05) is 24.0 Å². The van der Waals surface area contributed by atoms with Gasteiger partial charge in [-0.25, -0.2) is 9.37 Å². The average molecular weight is 424 g/mol. The largest absolute Gasteiger partial charge is 0.385 e. The van der Waals surface area contributed by atoms with Crippen LogP contribution in [-0.4, -0.2) is 52.7 Å². The van der Waals surface area contributed by atoms with E-state index in [4.69, 9.17) is 9.26 Å². The fraction of sp³-hybridized carbons (Fsp3) is 0.391. The van der Waals surface area contributed by atoms with Gasteiger partial charge in [0.05, 0.1) is 5.41 Å². The Balaban J connectivity index is 1.63. The summed E-state index contributed by atoms with van der Waals surface area (Å²) in [7, 11) is 1.65. The van der Waals surface area contributed by atoms with Crippen molar-refractivity contribution in [3.8, 4) is 11.5 Å². The molecule has 7 nitrogen and oxygen atoms in total. The molecule has 1 aliphatic heterocycles. The number of rotatable bonds is 6. The third kappa shape index (κ3) is 4.49. The van der Waals surface area contributed by atoms with Crippen molar-refractivity contribution in [2.24, 2.45) is 0 Å². The maximum atomic E-state index is 13.3. The number of benzene rings is 1. The van der Waals surface area contributed by atoms with Gasteiger partial charge in [-0.2, -0.15) is 4.98 Å². The van der Waals surface area contributed by atoms with Crippen LogP contribution in [0.4, 0.5) is 4.39 Å². The zero-order valence-corrected chi connectivity index (χ0v) is 17.7. The minimum Gasteiger partial charge on any atom is -0.385 e. The standard InChI is InChI=1S/C23H25FN4O3/c1-16-5-3-6-19(25-16)21(29)28-13-4-11-23(15-28,12-14-30-2)22-26-20(31-27-22)17-7-9-18(24)10-8-17/h3,5-10H,4,11-15H2,1-2H3. The fourth-order valence-electron chi connectivity index (χ4n) is 4.07. The third-order valence-electron chi connectivity index (χ3n) is 5.75. The summed E-state index contributed by atoms with van der Waals surface area (Å²) >= 11 is 0. The number of aryl methyl sites for hydroxylation is 1. The Morgan fingerprint density at radius 3 is 2.77 bits per heavy atom. The highest BCUT2D eigenvalue weighted by molar-refractivity contribution is 5.92. The molecule has 2 aromatic heterocycles. The number of methoxy groups -OCH3 is 1. The Morgan fingerprint density at radius 2 is 2.03 bits per heavy atom. The van der Waals surface area contributed by atoms with E-state index in [1.54, 1.807) is 25.3 Å². The molecule has 1 atom stereocenters. The first kappa shape index (κ1) is 21.1. The number of halogens is 1. The van der Waals surface area contributed by atoms with E-state index < -0.39 is 5.41 Å². The molecule has 1 aromatic carbocycles. The van der Waals surface area contributed by atoms with Crippen molar-refractivity contribution >= 4 is 5.91 Å². The first-order valence-electron chi connectivity index (χ1n) is 10.3. The lowest BCUT2D eigenvalue weighted by molar-refractivity contribution is 0.0561. The molecule has 8 heteroatoms. The summed E-state index contributed by atoms with van der Waals surface area (Å²) in [5, 5.41) is 4.26. The number of nitrogens with zero attached hydrogens (tertiary/aromatic N) is 4. The predicted molar refractivity (Wildman–Crippen MR) is 112 cm³/mol. The summed E-state index contributed by atoms with van der Waals surface area (Å²) in [5.41, 5.74) is 1.39. The first-order chi connectivity index (χ1) is 15.0. The number of hydrogen-bond acceptors (Lipinski definition) is 6. The van der Waals surface area contributed by atoms with Crippen LogP contribution in [0, 0.1) is 12.7 Å². The van der Waals surface area contributed by atoms with Crippen LogP contribution < -0.4 is 0 Å². The van der Waals surface area contributed by atoms with Crippen LogP contribution in [0.3, 0.4) is 0 Å². The highest BCUT2D eigenvalue weighted by Crippen LogP contribution is 2.37. The van der Waals surface area contributed by atoms with Gasteiger partial charge in [-0.15, -0.1) is 0 Å². The van der Waals surface area contributed by atoms with Gasteiger partial charge in [-0.05, 0) is 62.6 Å². The highest BCUT2D eigenvalue weighted by atomic mass is 19.1. The van der Waals surface area contributed by atoms with Gasteiger partial charge in [0.25, 0.3) is 11.8 Å². The molecule has 0 saturated carbocycles. The van der Waals surface area contributed by atoms with E-state index in [9.17, 15) is 9.18 Å². The summed E-state index contributed by atoms with van der Waals surface area (Å²) in [6.07, 6.45) is 2.27. The number of hydrogen-bond donors (Lipinski definition) is 0. The Labute approximate surface area is 180 Å². The summed E-state index contributed by atoms with van der Waals surface area (Å²) in [6, 6.07) is 11.4. The predicted octanol–water partition coefficient (Wildman–Crippen LogP) is 3.79. The van der Waals surface area contributed by atoms with E-state index >= 15 is 0 Å². The number of aromatic nitrogens is 3. The van der Waals surface area contributed by atoms with Crippen molar-refractivity contribution in [3.05, 3.63) is 65.5 Å². The molecule has 0 bridgehead atoms. The molecule has 1 aliphatic rings. The molecule has 0 aliphatic carbocycles. The van der Waals surface area contributed by atoms with Crippen LogP contribution >= 0.6 is 0 Å². The minimum absolute atomic E-state index is 0.104. The third-order valence-corrected chi connectivity index (χ3v) is 5.75. The van der Waals surface area contributed by atoms with Crippen molar-refractivity contribution < 1.29 is 18.4 Å². The van der Waals surface area contributed by atoms with E-state index in [0.717, 1.165) is 18.5 Å². The number of pyridine rings is 1. The molecule has 3 aromatic rings. The SMILES string of the molecule is COCCC1(c2noc(-c3ccc(F)cc3)n2)CCCN(C(=O)c2cccc(C)n2)C1. The second kappa shape index (κ2) is 8.93. The van der Waals surface area contributed by atoms with Gasteiger partial charge in [0.15, 0.2) is 5.82 Å². The maximum Gasteiger partial charge on any atom is 0.272 e. The normalized spacial score (nSPS) is 18.9. The lowest BCUT2D eigenvalue weighted by atomic mass is 9.76. The Bertz CT molecular complexity index is 1050. The van der Waals surface area contributed by atoms with Crippen molar-refractivity contribution in [2.75, 3.05) is 26.8 Å². The number of piperidine rings is 1. The Morgan fingerprint density at radius 1 is 1.23 bits per heavy atom. The van der Waals surface area contributed by atoms with Gasteiger partial charge in [-0.3, -0.25) is 4.79 Å². The molecule has 1 saturated heterocycles. The molecule has 1 amide bonds. The van der Waals surface area contributed by atoms with Crippen LogP contribution in [-0.2, 0) is 10.2 Å². The molecule has 4 rings (SSSR count). The Hall–Kier alpha value is -3.13. The van der Waals surface area contributed by atoms with Crippen LogP contribution in [0.2, 0.25) is 0 Å². The molecule has 0 radical (unpaired) electrons. The van der Waals surface area contributed by atoms with Crippen LogP contribution in [0.15, 0.2) is 47.0 Å². The second-order valence-electron chi connectivity index (χ2n) is 7.95. The van der Waals surface area contributed by atoms with Crippen LogP contribution in [0.5, 0.6) is 0 Å². The Kier molecular flexibility index (Phi) is 6.08. The first-order valence-corrected chi connectivity index (χ1v) is 10.3. The minimum atomic E-state index is -0.491. The molecule has 0 spiro atoms. The van der Waals surface area contributed by atoms with E-state index in [0.29, 0.717) is 49.1 Å². The zero-order valence-electron chi connectivity index (χ0n) is 17.7. The molecule has 3 heterocycles. The van der Waals surface area contributed by atoms with Gasteiger partial charge in [-0.1, -0.05) is 11.2 Å². The lowest BCUT2D eigenvalue weighted by Gasteiger charge is -2.40. The number of carbonyl (C=O) groups excluding carboxylic acids is 1. The van der Waals surface area contributed by atoms with Crippen LogP contribution in [0.1, 0.15) is 41.3 Å². The number of amides is 1. The van der Waals surface area contributed by atoms with Gasteiger partial charge in [0, 0.05) is 38.1 Å². The molecule has 31 heavy (non-hydrogen) atoms. The van der Waals surface area contributed by atoms with Gasteiger partial charge in [0.1, 0.15) is 11.5 Å². The summed E-state index contributed by atoms with van der Waals surface area (Å²) in [4.78, 5) is 24.0. The quantitative estimate of drug-likeness (QED) is 0.599. The molecule has 1 fully saturated rings. The number of likely N-dealkylation sites (tertiary alicyclic amines) is 1. The lowest BCUT2D eigenvalue weighted by Crippen LogP contribution is -2.49. The van der Waals surface area contributed by atoms with Gasteiger partial charge >= 0.3 is 0 Å². The highest BCUT2D eigenvalue weighted by Gasteiger charge is 2.42. The van der Waals surface area contributed by atoms with E-state index in [2.05, 4.69) is 15.1 Å². The molecular formula is C23H25FN4O3. The van der Waals surface area contributed by atoms with Crippen molar-refractivity contribution in [1.82, 2.24) is 20.0 Å². The number of carbonyl (C=O) groups is 1. The van der Waals surface area contributed by atoms with E-state index in [-0.39, 0.29) is 11.7 Å². The topological polar surface area (TPSA) is 81.4 Å². The number of ether oxygens (including phenoxy) is 1. The fourth-order valence-corrected chi connectivity index (χ4v) is 4.07.